The molecule has 33 heavy (non-hydrogen) atoms. The number of carbonyl (C=O) groups excluding carboxylic acids is 2. The maximum absolute atomic E-state index is 13.2. The lowest BCUT2D eigenvalue weighted by molar-refractivity contribution is -0.139. The zero-order valence-corrected chi connectivity index (χ0v) is 19.5. The standard InChI is InChI=1S/C27H27NO4S/c1-19(32-18-20-9-5-3-6-10-20)26-24(17-25(29)33-23-11-7-4-8-12-23)28(27(26)30)21-13-15-22(31-2)16-14-21/h3-16,19,24,26H,17-18H2,1-2H3/t19-,24-,26-/m1/s1. The molecule has 3 aromatic rings. The molecule has 0 saturated carbocycles. The average Bonchev–Trinajstić information content (AvgIpc) is 2.84. The topological polar surface area (TPSA) is 55.8 Å². The van der Waals surface area contributed by atoms with Gasteiger partial charge in [-0.3, -0.25) is 9.59 Å². The van der Waals surface area contributed by atoms with E-state index in [2.05, 4.69) is 0 Å². The normalized spacial score (nSPS) is 18.5. The van der Waals surface area contributed by atoms with Gasteiger partial charge in [0, 0.05) is 17.0 Å². The first-order chi connectivity index (χ1) is 16.1. The molecular formula is C27H27NO4S. The molecule has 0 N–H and O–H groups in total. The van der Waals surface area contributed by atoms with E-state index in [9.17, 15) is 9.59 Å². The van der Waals surface area contributed by atoms with Crippen molar-refractivity contribution in [2.45, 2.75) is 37.0 Å². The van der Waals surface area contributed by atoms with E-state index in [0.717, 1.165) is 21.9 Å². The molecule has 1 heterocycles. The second-order valence-corrected chi connectivity index (χ2v) is 9.12. The van der Waals surface area contributed by atoms with Crippen molar-refractivity contribution < 1.29 is 19.1 Å². The van der Waals surface area contributed by atoms with Crippen molar-refractivity contribution in [3.63, 3.8) is 0 Å². The van der Waals surface area contributed by atoms with Crippen molar-refractivity contribution in [3.8, 4) is 5.75 Å². The summed E-state index contributed by atoms with van der Waals surface area (Å²) >= 11 is 1.21. The van der Waals surface area contributed by atoms with Crippen LogP contribution >= 0.6 is 11.8 Å². The molecule has 6 heteroatoms. The molecule has 3 aromatic carbocycles. The Bertz CT molecular complexity index is 1070. The molecule has 1 fully saturated rings. The molecule has 170 valence electrons. The lowest BCUT2D eigenvalue weighted by Gasteiger charge is -2.49. The van der Waals surface area contributed by atoms with E-state index in [1.807, 2.05) is 91.9 Å². The van der Waals surface area contributed by atoms with Crippen LogP contribution in [0, 0.1) is 5.92 Å². The van der Waals surface area contributed by atoms with E-state index in [-0.39, 0.29) is 35.5 Å². The van der Waals surface area contributed by atoms with Crippen LogP contribution in [0.1, 0.15) is 18.9 Å². The van der Waals surface area contributed by atoms with Gasteiger partial charge in [-0.2, -0.15) is 0 Å². The Morgan fingerprint density at radius 3 is 2.24 bits per heavy atom. The van der Waals surface area contributed by atoms with Gasteiger partial charge in [-0.25, -0.2) is 0 Å². The summed E-state index contributed by atoms with van der Waals surface area (Å²) in [5, 5.41) is 0.0254. The van der Waals surface area contributed by atoms with Crippen LogP contribution < -0.4 is 9.64 Å². The number of methoxy groups -OCH3 is 1. The molecule has 0 radical (unpaired) electrons. The molecule has 0 spiro atoms. The van der Waals surface area contributed by atoms with Crippen LogP contribution in [-0.4, -0.2) is 30.3 Å². The van der Waals surface area contributed by atoms with E-state index < -0.39 is 0 Å². The first-order valence-corrected chi connectivity index (χ1v) is 11.8. The number of benzene rings is 3. The highest BCUT2D eigenvalue weighted by atomic mass is 32.2. The highest BCUT2D eigenvalue weighted by molar-refractivity contribution is 8.13. The first-order valence-electron chi connectivity index (χ1n) is 10.9. The first kappa shape index (κ1) is 23.1. The predicted octanol–water partition coefficient (Wildman–Crippen LogP) is 5.34. The molecular weight excluding hydrogens is 434 g/mol. The minimum absolute atomic E-state index is 0.0248. The zero-order valence-electron chi connectivity index (χ0n) is 18.7. The van der Waals surface area contributed by atoms with Crippen molar-refractivity contribution >= 4 is 28.5 Å². The highest BCUT2D eigenvalue weighted by Gasteiger charge is 2.51. The van der Waals surface area contributed by atoms with Gasteiger partial charge in [0.25, 0.3) is 0 Å². The van der Waals surface area contributed by atoms with Crippen LogP contribution in [0.5, 0.6) is 5.75 Å². The number of nitrogens with zero attached hydrogens (tertiary/aromatic N) is 1. The monoisotopic (exact) mass is 461 g/mol. The fraction of sp³-hybridized carbons (Fsp3) is 0.259. The predicted molar refractivity (Wildman–Crippen MR) is 130 cm³/mol. The maximum Gasteiger partial charge on any atom is 0.235 e. The van der Waals surface area contributed by atoms with E-state index in [0.29, 0.717) is 6.61 Å². The minimum atomic E-state index is -0.379. The summed E-state index contributed by atoms with van der Waals surface area (Å²) in [6, 6.07) is 26.5. The number of rotatable bonds is 9. The lowest BCUT2D eigenvalue weighted by Crippen LogP contribution is -2.65. The van der Waals surface area contributed by atoms with Crippen molar-refractivity contribution in [2.75, 3.05) is 12.0 Å². The number of carbonyl (C=O) groups is 2. The van der Waals surface area contributed by atoms with E-state index in [1.54, 1.807) is 12.0 Å². The Morgan fingerprint density at radius 1 is 0.970 bits per heavy atom. The van der Waals surface area contributed by atoms with Gasteiger partial charge in [0.05, 0.1) is 31.8 Å². The Kier molecular flexibility index (Phi) is 7.47. The summed E-state index contributed by atoms with van der Waals surface area (Å²) in [4.78, 5) is 28.7. The summed E-state index contributed by atoms with van der Waals surface area (Å²) < 4.78 is 11.3. The Balaban J connectivity index is 1.49. The van der Waals surface area contributed by atoms with E-state index in [1.165, 1.54) is 11.8 Å². The maximum atomic E-state index is 13.2. The van der Waals surface area contributed by atoms with Crippen molar-refractivity contribution in [3.05, 3.63) is 90.5 Å². The van der Waals surface area contributed by atoms with E-state index in [4.69, 9.17) is 9.47 Å². The summed E-state index contributed by atoms with van der Waals surface area (Å²) in [6.07, 6.45) is -0.0622. The molecule has 5 nitrogen and oxygen atoms in total. The highest BCUT2D eigenvalue weighted by Crippen LogP contribution is 2.39. The van der Waals surface area contributed by atoms with Crippen LogP contribution in [0.4, 0.5) is 5.69 Å². The van der Waals surface area contributed by atoms with Gasteiger partial charge in [-0.05, 0) is 48.9 Å². The minimum Gasteiger partial charge on any atom is -0.497 e. The van der Waals surface area contributed by atoms with Gasteiger partial charge in [-0.15, -0.1) is 0 Å². The third-order valence-electron chi connectivity index (χ3n) is 5.83. The number of anilines is 1. The summed E-state index contributed by atoms with van der Waals surface area (Å²) in [5.74, 6) is 0.314. The summed E-state index contributed by atoms with van der Waals surface area (Å²) in [6.45, 7) is 2.34. The van der Waals surface area contributed by atoms with Crippen LogP contribution in [0.15, 0.2) is 89.8 Å². The smallest absolute Gasteiger partial charge is 0.235 e. The largest absolute Gasteiger partial charge is 0.497 e. The number of ether oxygens (including phenoxy) is 2. The summed E-state index contributed by atoms with van der Waals surface area (Å²) in [7, 11) is 1.61. The molecule has 1 aliphatic heterocycles. The second kappa shape index (κ2) is 10.7. The van der Waals surface area contributed by atoms with Crippen molar-refractivity contribution in [2.24, 2.45) is 5.92 Å². The molecule has 0 aromatic heterocycles. The lowest BCUT2D eigenvalue weighted by atomic mass is 9.81. The van der Waals surface area contributed by atoms with Gasteiger partial charge in [-0.1, -0.05) is 60.3 Å². The molecule has 1 saturated heterocycles. The van der Waals surface area contributed by atoms with Gasteiger partial charge in [0.15, 0.2) is 5.12 Å². The van der Waals surface area contributed by atoms with Gasteiger partial charge in [0.1, 0.15) is 5.75 Å². The Labute approximate surface area is 198 Å². The number of amides is 1. The number of thioether (sulfide) groups is 1. The average molecular weight is 462 g/mol. The van der Waals surface area contributed by atoms with Crippen molar-refractivity contribution in [1.82, 2.24) is 0 Å². The quantitative estimate of drug-likeness (QED) is 0.318. The van der Waals surface area contributed by atoms with Crippen molar-refractivity contribution in [1.29, 1.82) is 0 Å². The fourth-order valence-corrected chi connectivity index (χ4v) is 4.91. The second-order valence-electron chi connectivity index (χ2n) is 7.99. The van der Waals surface area contributed by atoms with Crippen LogP contribution in [-0.2, 0) is 20.9 Å². The zero-order chi connectivity index (χ0) is 23.2. The molecule has 0 unspecified atom stereocenters. The molecule has 0 bridgehead atoms. The SMILES string of the molecule is COc1ccc(N2C(=O)[C@H]([C@@H](C)OCc3ccccc3)[C@H]2CC(=O)Sc2ccccc2)cc1. The number of β-lactam (4-membered cyclic amide) rings is 1. The van der Waals surface area contributed by atoms with Gasteiger partial charge in [0.2, 0.25) is 5.91 Å². The Hall–Kier alpha value is -3.09. The molecule has 0 aliphatic carbocycles. The van der Waals surface area contributed by atoms with Crippen LogP contribution in [0.3, 0.4) is 0 Å². The summed E-state index contributed by atoms with van der Waals surface area (Å²) in [5.41, 5.74) is 1.81. The fourth-order valence-electron chi connectivity index (χ4n) is 4.10. The molecule has 4 rings (SSSR count). The number of hydrogen-bond acceptors (Lipinski definition) is 5. The third kappa shape index (κ3) is 5.46. The van der Waals surface area contributed by atoms with Crippen LogP contribution in [0.25, 0.3) is 0 Å². The van der Waals surface area contributed by atoms with Crippen LogP contribution in [0.2, 0.25) is 0 Å². The third-order valence-corrected chi connectivity index (χ3v) is 6.73. The van der Waals surface area contributed by atoms with E-state index >= 15 is 0 Å². The molecule has 3 atom stereocenters. The number of hydrogen-bond donors (Lipinski definition) is 0. The van der Waals surface area contributed by atoms with Gasteiger partial charge < -0.3 is 14.4 Å². The Morgan fingerprint density at radius 2 is 1.61 bits per heavy atom. The van der Waals surface area contributed by atoms with Gasteiger partial charge >= 0.3 is 0 Å². The molecule has 1 amide bonds. The molecule has 1 aliphatic rings.